The molecule has 8 amide bonds. The van der Waals surface area contributed by atoms with Crippen LogP contribution in [-0.2, 0) is 44.8 Å². The number of thiol groups is 1. The van der Waals surface area contributed by atoms with Crippen LogP contribution >= 0.6 is 12.6 Å². The van der Waals surface area contributed by atoms with Crippen molar-refractivity contribution < 1.29 is 48.3 Å². The van der Waals surface area contributed by atoms with Gasteiger partial charge in [-0.3, -0.25) is 38.4 Å². The molecule has 0 aliphatic heterocycles. The molecule has 0 bridgehead atoms. The molecule has 60 heavy (non-hydrogen) atoms. The number of primary amides is 1. The van der Waals surface area contributed by atoms with Crippen molar-refractivity contribution in [3.63, 3.8) is 0 Å². The maximum Gasteiger partial charge on any atom is 0.405 e. The number of carbonyl (C=O) groups is 9. The highest BCUT2D eigenvalue weighted by atomic mass is 32.1. The Labute approximate surface area is 357 Å². The van der Waals surface area contributed by atoms with Crippen LogP contribution in [0.3, 0.4) is 0 Å². The maximum absolute atomic E-state index is 13.9. The van der Waals surface area contributed by atoms with Crippen molar-refractivity contribution in [2.75, 3.05) is 18.8 Å². The van der Waals surface area contributed by atoms with Crippen molar-refractivity contribution in [3.05, 3.63) is 35.9 Å². The van der Waals surface area contributed by atoms with Crippen LogP contribution in [0.2, 0.25) is 0 Å². The Bertz CT molecular complexity index is 1610. The molecule has 0 aromatic heterocycles. The quantitative estimate of drug-likeness (QED) is 0.0383. The smallest absolute Gasteiger partial charge is 0.405 e. The van der Waals surface area contributed by atoms with E-state index in [1.807, 2.05) is 6.92 Å². The summed E-state index contributed by atoms with van der Waals surface area (Å²) >= 11 is 3.99. The van der Waals surface area contributed by atoms with Crippen molar-refractivity contribution in [2.45, 2.75) is 123 Å². The van der Waals surface area contributed by atoms with Crippen LogP contribution in [0.5, 0.6) is 0 Å². The number of ketones is 1. The number of nitrogens with two attached hydrogens (primary N) is 2. The van der Waals surface area contributed by atoms with E-state index in [-0.39, 0.29) is 43.1 Å². The second-order valence-electron chi connectivity index (χ2n) is 15.4. The molecule has 19 nitrogen and oxygen atoms in total. The van der Waals surface area contributed by atoms with Gasteiger partial charge < -0.3 is 53.8 Å². The van der Waals surface area contributed by atoms with Crippen molar-refractivity contribution in [1.29, 1.82) is 0 Å². The summed E-state index contributed by atoms with van der Waals surface area (Å²) in [5, 5.41) is 27.3. The summed E-state index contributed by atoms with van der Waals surface area (Å²) in [6.07, 6.45) is -0.366. The van der Waals surface area contributed by atoms with Gasteiger partial charge in [0, 0.05) is 18.6 Å². The van der Waals surface area contributed by atoms with Gasteiger partial charge in [-0.2, -0.15) is 12.6 Å². The molecule has 7 atom stereocenters. The zero-order chi connectivity index (χ0) is 45.5. The van der Waals surface area contributed by atoms with Crippen LogP contribution in [0.4, 0.5) is 4.79 Å². The SMILES string of the molecule is CC[C@H](C)[C@H](NC(=O)[C@@H](NC(=O)[C@H](CCCCN)NC(=O)[C@@H](NC(=O)[C@H](CCC(=O)CS)NC(=O)[C@H](Cc1ccccc1)NC(=O)O)C(C)C)C(C)C)C(=O)NCC(N)=O. The van der Waals surface area contributed by atoms with Crippen LogP contribution in [0, 0.1) is 17.8 Å². The fraction of sp³-hybridized carbons (Fsp3) is 0.625. The van der Waals surface area contributed by atoms with Crippen LogP contribution in [-0.4, -0.2) is 113 Å². The molecule has 0 fully saturated rings. The monoisotopic (exact) mass is 863 g/mol. The summed E-state index contributed by atoms with van der Waals surface area (Å²) < 4.78 is 0. The largest absolute Gasteiger partial charge is 0.465 e. The zero-order valence-electron chi connectivity index (χ0n) is 35.4. The van der Waals surface area contributed by atoms with Gasteiger partial charge in [0.15, 0.2) is 0 Å². The Morgan fingerprint density at radius 1 is 0.650 bits per heavy atom. The number of benzene rings is 1. The molecule has 1 aromatic carbocycles. The van der Waals surface area contributed by atoms with Crippen molar-refractivity contribution in [3.8, 4) is 0 Å². The molecule has 0 heterocycles. The van der Waals surface area contributed by atoms with E-state index < -0.39 is 102 Å². The van der Waals surface area contributed by atoms with E-state index in [1.165, 1.54) is 0 Å². The van der Waals surface area contributed by atoms with Gasteiger partial charge in [-0.25, -0.2) is 4.79 Å². The first-order valence-electron chi connectivity index (χ1n) is 20.2. The molecule has 0 aliphatic rings. The summed E-state index contributed by atoms with van der Waals surface area (Å²) in [6, 6.07) is 1.22. The number of rotatable bonds is 28. The minimum absolute atomic E-state index is 0.0441. The van der Waals surface area contributed by atoms with Crippen LogP contribution < -0.4 is 48.7 Å². The van der Waals surface area contributed by atoms with Gasteiger partial charge in [0.05, 0.1) is 6.54 Å². The topological polar surface area (TPSA) is 310 Å². The van der Waals surface area contributed by atoms with Crippen molar-refractivity contribution in [2.24, 2.45) is 29.2 Å². The first-order valence-corrected chi connectivity index (χ1v) is 20.8. The molecule has 12 N–H and O–H groups in total. The molecule has 1 rings (SSSR count). The fourth-order valence-corrected chi connectivity index (χ4v) is 6.12. The Hall–Kier alpha value is -5.24. The number of carboxylic acid groups (broad SMARTS) is 1. The molecule has 0 saturated heterocycles. The lowest BCUT2D eigenvalue weighted by atomic mass is 9.96. The Balaban J connectivity index is 3.35. The first kappa shape index (κ1) is 52.8. The molecule has 336 valence electrons. The predicted octanol–water partition coefficient (Wildman–Crippen LogP) is -0.343. The van der Waals surface area contributed by atoms with Crippen molar-refractivity contribution in [1.82, 2.24) is 37.2 Å². The molecule has 0 spiro atoms. The number of carbonyl (C=O) groups excluding carboxylic acids is 8. The zero-order valence-corrected chi connectivity index (χ0v) is 36.3. The van der Waals surface area contributed by atoms with Crippen LogP contribution in [0.25, 0.3) is 0 Å². The summed E-state index contributed by atoms with van der Waals surface area (Å²) in [5.41, 5.74) is 11.5. The number of nitrogens with one attached hydrogen (secondary N) is 7. The molecular formula is C40H65N9O10S. The van der Waals surface area contributed by atoms with Crippen molar-refractivity contribution >= 4 is 65.9 Å². The third-order valence-corrected chi connectivity index (χ3v) is 10.1. The molecule has 20 heteroatoms. The van der Waals surface area contributed by atoms with Gasteiger partial charge in [-0.1, -0.05) is 78.3 Å². The standard InChI is InChI=1S/C40H65N9O10S/c1-7-24(6)33(37(55)43-20-30(42)51)49-39(57)32(23(4)5)48-34(52)27(15-11-12-18-41)45-38(56)31(22(2)3)47-35(53)28(17-16-26(50)21-60)44-36(54)29(46-40(58)59)19-25-13-9-8-10-14-25/h8-10,13-14,22-24,27-29,31-33,46,60H,7,11-12,15-21,41H2,1-6H3,(H2,42,51)(H,43,55)(H,44,54)(H,45,56)(H,47,53)(H,48,52)(H,49,57)(H,58,59)/t24-,27-,28-,29-,31-,32-,33-/m0/s1. The molecule has 0 radical (unpaired) electrons. The normalized spacial score (nSPS) is 14.6. The van der Waals surface area contributed by atoms with E-state index in [2.05, 4.69) is 49.8 Å². The lowest BCUT2D eigenvalue weighted by Crippen LogP contribution is -2.61. The van der Waals surface area contributed by atoms with Gasteiger partial charge in [-0.05, 0) is 55.5 Å². The second kappa shape index (κ2) is 27.5. The number of amides is 8. The number of unbranched alkanes of at least 4 members (excludes halogenated alkanes) is 1. The van der Waals surface area contributed by atoms with E-state index in [0.717, 1.165) is 0 Å². The van der Waals surface area contributed by atoms with Crippen LogP contribution in [0.15, 0.2) is 30.3 Å². The van der Waals surface area contributed by atoms with Gasteiger partial charge >= 0.3 is 6.09 Å². The average Bonchev–Trinajstić information content (AvgIpc) is 3.19. The van der Waals surface area contributed by atoms with Crippen LogP contribution in [0.1, 0.15) is 85.6 Å². The van der Waals surface area contributed by atoms with E-state index in [0.29, 0.717) is 31.4 Å². The number of Topliss-reactive ketones (excluding diaryl/α,β-unsaturated/α-hetero) is 1. The maximum atomic E-state index is 13.9. The summed E-state index contributed by atoms with van der Waals surface area (Å²) in [7, 11) is 0. The van der Waals surface area contributed by atoms with E-state index >= 15 is 0 Å². The van der Waals surface area contributed by atoms with E-state index in [4.69, 9.17) is 11.5 Å². The molecule has 0 aliphatic carbocycles. The lowest BCUT2D eigenvalue weighted by molar-refractivity contribution is -0.136. The predicted molar refractivity (Wildman–Crippen MR) is 227 cm³/mol. The van der Waals surface area contributed by atoms with E-state index in [1.54, 1.807) is 65.0 Å². The summed E-state index contributed by atoms with van der Waals surface area (Å²) in [6.45, 7) is 10.1. The average molecular weight is 864 g/mol. The van der Waals surface area contributed by atoms with Gasteiger partial charge in [0.25, 0.3) is 0 Å². The fourth-order valence-electron chi connectivity index (χ4n) is 5.96. The first-order chi connectivity index (χ1) is 28.2. The molecule has 0 saturated carbocycles. The highest BCUT2D eigenvalue weighted by molar-refractivity contribution is 7.81. The minimum atomic E-state index is -1.47. The van der Waals surface area contributed by atoms with Gasteiger partial charge in [0.1, 0.15) is 42.0 Å². The molecular weight excluding hydrogens is 799 g/mol. The Morgan fingerprint density at radius 3 is 1.63 bits per heavy atom. The lowest BCUT2D eigenvalue weighted by Gasteiger charge is -2.30. The third-order valence-electron chi connectivity index (χ3n) is 9.72. The third kappa shape index (κ3) is 19.2. The minimum Gasteiger partial charge on any atom is -0.465 e. The van der Waals surface area contributed by atoms with E-state index in [9.17, 15) is 48.3 Å². The van der Waals surface area contributed by atoms with Gasteiger partial charge in [0.2, 0.25) is 41.4 Å². The highest BCUT2D eigenvalue weighted by Gasteiger charge is 2.36. The summed E-state index contributed by atoms with van der Waals surface area (Å²) in [5.74, 6) is -7.08. The highest BCUT2D eigenvalue weighted by Crippen LogP contribution is 2.13. The Morgan fingerprint density at radius 2 is 1.15 bits per heavy atom. The Kier molecular flexibility index (Phi) is 24.2. The summed E-state index contributed by atoms with van der Waals surface area (Å²) in [4.78, 5) is 117. The number of hydrogen-bond donors (Lipinski definition) is 11. The second-order valence-corrected chi connectivity index (χ2v) is 15.7. The number of hydrogen-bond acceptors (Lipinski definition) is 11. The molecule has 1 aromatic rings. The van der Waals surface area contributed by atoms with Gasteiger partial charge in [-0.15, -0.1) is 0 Å². The molecule has 0 unspecified atom stereocenters.